The Hall–Kier alpha value is -1.84. The lowest BCUT2D eigenvalue weighted by atomic mass is 9.88. The highest BCUT2D eigenvalue weighted by Gasteiger charge is 2.30. The Bertz CT molecular complexity index is 529. The van der Waals surface area contributed by atoms with E-state index in [1.165, 1.54) is 0 Å². The van der Waals surface area contributed by atoms with Gasteiger partial charge in [-0.05, 0) is 42.5 Å². The van der Waals surface area contributed by atoms with Gasteiger partial charge in [-0.3, -0.25) is 9.59 Å². The van der Waals surface area contributed by atoms with Gasteiger partial charge in [-0.1, -0.05) is 0 Å². The fraction of sp³-hybridized carbons (Fsp3) is 0.467. The molecule has 100 valence electrons. The standard InChI is InChI=1S/C15H18N2O2/c16-12-3-6-14-11(7-12)8-15(19)17(14)9-10-1-4-13(18)5-2-10/h3,6-7,10H,1-2,4-5,8-9,16H2. The number of rotatable bonds is 2. The molecule has 2 N–H and O–H groups in total. The van der Waals surface area contributed by atoms with Crippen molar-refractivity contribution in [3.8, 4) is 0 Å². The zero-order chi connectivity index (χ0) is 13.4. The second-order valence-corrected chi connectivity index (χ2v) is 5.55. The summed E-state index contributed by atoms with van der Waals surface area (Å²) in [5, 5.41) is 0. The summed E-state index contributed by atoms with van der Waals surface area (Å²) in [5.74, 6) is 0.958. The highest BCUT2D eigenvalue weighted by Crippen LogP contribution is 2.33. The van der Waals surface area contributed by atoms with E-state index in [1.807, 2.05) is 23.1 Å². The zero-order valence-corrected chi connectivity index (χ0v) is 10.9. The molecule has 1 aliphatic heterocycles. The van der Waals surface area contributed by atoms with Crippen molar-refractivity contribution in [1.29, 1.82) is 0 Å². The molecule has 0 bridgehead atoms. The first kappa shape index (κ1) is 12.2. The number of Topliss-reactive ketones (excluding diaryl/α,β-unsaturated/α-hetero) is 1. The molecule has 1 fully saturated rings. The molecule has 0 radical (unpaired) electrons. The number of nitrogens with zero attached hydrogens (tertiary/aromatic N) is 1. The number of carbonyl (C=O) groups excluding carboxylic acids is 2. The number of anilines is 2. The number of ketones is 1. The number of nitrogens with two attached hydrogens (primary N) is 1. The average Bonchev–Trinajstić information content (AvgIpc) is 2.68. The Morgan fingerprint density at radius 1 is 1.21 bits per heavy atom. The topological polar surface area (TPSA) is 63.4 Å². The van der Waals surface area contributed by atoms with E-state index >= 15 is 0 Å². The van der Waals surface area contributed by atoms with E-state index in [0.717, 1.165) is 30.6 Å². The lowest BCUT2D eigenvalue weighted by Gasteiger charge is -2.27. The molecule has 1 aliphatic carbocycles. The number of carbonyl (C=O) groups is 2. The van der Waals surface area contributed by atoms with Crippen LogP contribution < -0.4 is 10.6 Å². The monoisotopic (exact) mass is 258 g/mol. The molecule has 0 saturated heterocycles. The number of fused-ring (bicyclic) bond motifs is 1. The molecule has 19 heavy (non-hydrogen) atoms. The van der Waals surface area contributed by atoms with Crippen LogP contribution in [0, 0.1) is 5.92 Å². The van der Waals surface area contributed by atoms with Crippen LogP contribution in [0.3, 0.4) is 0 Å². The molecule has 3 rings (SSSR count). The van der Waals surface area contributed by atoms with Gasteiger partial charge in [0.1, 0.15) is 5.78 Å². The van der Waals surface area contributed by atoms with Crippen LogP contribution in [-0.4, -0.2) is 18.2 Å². The summed E-state index contributed by atoms with van der Waals surface area (Å²) >= 11 is 0. The van der Waals surface area contributed by atoms with Crippen LogP contribution in [0.15, 0.2) is 18.2 Å². The third kappa shape index (κ3) is 2.35. The maximum absolute atomic E-state index is 12.1. The van der Waals surface area contributed by atoms with Crippen molar-refractivity contribution < 1.29 is 9.59 Å². The Morgan fingerprint density at radius 2 is 1.95 bits per heavy atom. The van der Waals surface area contributed by atoms with Crippen LogP contribution in [-0.2, 0) is 16.0 Å². The van der Waals surface area contributed by atoms with Crippen molar-refractivity contribution in [2.45, 2.75) is 32.1 Å². The van der Waals surface area contributed by atoms with Gasteiger partial charge in [-0.2, -0.15) is 0 Å². The smallest absolute Gasteiger partial charge is 0.231 e. The molecular formula is C15H18N2O2. The number of hydrogen-bond acceptors (Lipinski definition) is 3. The lowest BCUT2D eigenvalue weighted by Crippen LogP contribution is -2.33. The molecule has 0 aromatic heterocycles. The minimum atomic E-state index is 0.150. The second kappa shape index (κ2) is 4.68. The molecule has 1 amide bonds. The van der Waals surface area contributed by atoms with E-state index in [0.29, 0.717) is 36.7 Å². The first-order chi connectivity index (χ1) is 9.13. The molecule has 0 atom stereocenters. The van der Waals surface area contributed by atoms with Gasteiger partial charge in [0.25, 0.3) is 0 Å². The molecule has 4 nitrogen and oxygen atoms in total. The molecule has 2 aliphatic rings. The largest absolute Gasteiger partial charge is 0.399 e. The summed E-state index contributed by atoms with van der Waals surface area (Å²) < 4.78 is 0. The van der Waals surface area contributed by atoms with Gasteiger partial charge >= 0.3 is 0 Å². The first-order valence-corrected chi connectivity index (χ1v) is 6.84. The van der Waals surface area contributed by atoms with Crippen LogP contribution in [0.4, 0.5) is 11.4 Å². The van der Waals surface area contributed by atoms with E-state index in [1.54, 1.807) is 0 Å². The molecule has 1 aromatic rings. The van der Waals surface area contributed by atoms with Gasteiger partial charge in [0.15, 0.2) is 0 Å². The van der Waals surface area contributed by atoms with Gasteiger partial charge < -0.3 is 10.6 Å². The van der Waals surface area contributed by atoms with Gasteiger partial charge in [-0.25, -0.2) is 0 Å². The van der Waals surface area contributed by atoms with E-state index in [4.69, 9.17) is 5.73 Å². The van der Waals surface area contributed by atoms with E-state index < -0.39 is 0 Å². The number of amides is 1. The van der Waals surface area contributed by atoms with Crippen molar-refractivity contribution in [2.75, 3.05) is 17.2 Å². The van der Waals surface area contributed by atoms with Gasteiger partial charge in [0, 0.05) is 30.8 Å². The summed E-state index contributed by atoms with van der Waals surface area (Å²) in [6.45, 7) is 0.739. The van der Waals surface area contributed by atoms with Crippen LogP contribution >= 0.6 is 0 Å². The lowest BCUT2D eigenvalue weighted by molar-refractivity contribution is -0.120. The van der Waals surface area contributed by atoms with Crippen LogP contribution in [0.5, 0.6) is 0 Å². The summed E-state index contributed by atoms with van der Waals surface area (Å²) in [6, 6.07) is 5.66. The first-order valence-electron chi connectivity index (χ1n) is 6.84. The molecule has 0 spiro atoms. The van der Waals surface area contributed by atoms with Gasteiger partial charge in [0.2, 0.25) is 5.91 Å². The highest BCUT2D eigenvalue weighted by atomic mass is 16.2. The maximum atomic E-state index is 12.1. The summed E-state index contributed by atoms with van der Waals surface area (Å²) in [4.78, 5) is 25.2. The molecular weight excluding hydrogens is 240 g/mol. The molecule has 1 saturated carbocycles. The van der Waals surface area contributed by atoms with E-state index in [2.05, 4.69) is 0 Å². The number of benzene rings is 1. The Balaban J connectivity index is 1.75. The van der Waals surface area contributed by atoms with Crippen molar-refractivity contribution in [1.82, 2.24) is 0 Å². The number of hydrogen-bond donors (Lipinski definition) is 1. The average molecular weight is 258 g/mol. The fourth-order valence-electron chi connectivity index (χ4n) is 3.04. The van der Waals surface area contributed by atoms with Gasteiger partial charge in [-0.15, -0.1) is 0 Å². The molecule has 1 aromatic carbocycles. The molecule has 0 unspecified atom stereocenters. The predicted octanol–water partition coefficient (Wildman–Crippen LogP) is 1.92. The minimum Gasteiger partial charge on any atom is -0.399 e. The van der Waals surface area contributed by atoms with E-state index in [9.17, 15) is 9.59 Å². The zero-order valence-electron chi connectivity index (χ0n) is 10.9. The van der Waals surface area contributed by atoms with Crippen molar-refractivity contribution in [2.24, 2.45) is 5.92 Å². The fourth-order valence-corrected chi connectivity index (χ4v) is 3.04. The Labute approximate surface area is 112 Å². The molecule has 1 heterocycles. The third-order valence-corrected chi connectivity index (χ3v) is 4.14. The third-order valence-electron chi connectivity index (χ3n) is 4.14. The highest BCUT2D eigenvalue weighted by molar-refractivity contribution is 6.01. The van der Waals surface area contributed by atoms with Crippen LogP contribution in [0.1, 0.15) is 31.2 Å². The summed E-state index contributed by atoms with van der Waals surface area (Å²) in [5.41, 5.74) is 8.48. The van der Waals surface area contributed by atoms with Crippen molar-refractivity contribution in [3.05, 3.63) is 23.8 Å². The summed E-state index contributed by atoms with van der Waals surface area (Å²) in [6.07, 6.45) is 3.61. The van der Waals surface area contributed by atoms with Crippen LogP contribution in [0.2, 0.25) is 0 Å². The SMILES string of the molecule is Nc1ccc2c(c1)CC(=O)N2CC1CCC(=O)CC1. The van der Waals surface area contributed by atoms with Crippen molar-refractivity contribution in [3.63, 3.8) is 0 Å². The second-order valence-electron chi connectivity index (χ2n) is 5.55. The van der Waals surface area contributed by atoms with E-state index in [-0.39, 0.29) is 5.91 Å². The Kier molecular flexibility index (Phi) is 3.01. The maximum Gasteiger partial charge on any atom is 0.231 e. The van der Waals surface area contributed by atoms with Crippen molar-refractivity contribution >= 4 is 23.1 Å². The Morgan fingerprint density at radius 3 is 2.68 bits per heavy atom. The normalized spacial score (nSPS) is 19.9. The summed E-state index contributed by atoms with van der Waals surface area (Å²) in [7, 11) is 0. The van der Waals surface area contributed by atoms with Crippen LogP contribution in [0.25, 0.3) is 0 Å². The number of nitrogen functional groups attached to an aromatic ring is 1. The quantitative estimate of drug-likeness (QED) is 0.824. The minimum absolute atomic E-state index is 0.150. The van der Waals surface area contributed by atoms with Gasteiger partial charge in [0.05, 0.1) is 6.42 Å². The molecule has 4 heteroatoms. The predicted molar refractivity (Wildman–Crippen MR) is 73.9 cm³/mol.